The van der Waals surface area contributed by atoms with Crippen molar-refractivity contribution in [2.24, 2.45) is 0 Å². The van der Waals surface area contributed by atoms with Gasteiger partial charge in [0.25, 0.3) is 0 Å². The molecule has 0 aliphatic carbocycles. The Bertz CT molecular complexity index is 1330. The van der Waals surface area contributed by atoms with Crippen LogP contribution in [0.1, 0.15) is 34.7 Å². The van der Waals surface area contributed by atoms with Crippen molar-refractivity contribution in [3.05, 3.63) is 88.5 Å². The number of Topliss-reactive ketones (excluding diaryl/α,β-unsaturated/α-hetero) is 1. The van der Waals surface area contributed by atoms with Gasteiger partial charge in [0.15, 0.2) is 0 Å². The number of methoxy groups -OCH3 is 1. The summed E-state index contributed by atoms with van der Waals surface area (Å²) in [5.74, 6) is 0.885. The molecule has 0 N–H and O–H groups in total. The van der Waals surface area contributed by atoms with Crippen molar-refractivity contribution in [1.82, 2.24) is 4.90 Å². The largest absolute Gasteiger partial charge is 0.491 e. The van der Waals surface area contributed by atoms with Crippen LogP contribution < -0.4 is 4.74 Å². The second-order valence-electron chi connectivity index (χ2n) is 9.41. The van der Waals surface area contributed by atoms with Gasteiger partial charge in [0.05, 0.1) is 31.4 Å². The van der Waals surface area contributed by atoms with E-state index in [0.29, 0.717) is 45.1 Å². The minimum absolute atomic E-state index is 0.0983. The Morgan fingerprint density at radius 2 is 1.89 bits per heavy atom. The number of ketones is 1. The zero-order valence-corrected chi connectivity index (χ0v) is 22.3. The summed E-state index contributed by atoms with van der Waals surface area (Å²) in [6, 6.07) is 22.2. The number of carbonyl (C=O) groups is 1. The van der Waals surface area contributed by atoms with Crippen molar-refractivity contribution in [1.29, 1.82) is 5.26 Å². The van der Waals surface area contributed by atoms with Crippen molar-refractivity contribution >= 4 is 17.9 Å². The minimum Gasteiger partial charge on any atom is -0.491 e. The van der Waals surface area contributed by atoms with Crippen LogP contribution in [-0.4, -0.2) is 56.8 Å². The number of ether oxygens (including phenoxy) is 3. The highest BCUT2D eigenvalue weighted by atomic mass is 16.5. The van der Waals surface area contributed by atoms with Gasteiger partial charge < -0.3 is 14.2 Å². The van der Waals surface area contributed by atoms with E-state index in [-0.39, 0.29) is 11.8 Å². The van der Waals surface area contributed by atoms with Gasteiger partial charge in [-0.1, -0.05) is 60.7 Å². The third-order valence-electron chi connectivity index (χ3n) is 6.81. The minimum atomic E-state index is -0.269. The lowest BCUT2D eigenvalue weighted by Gasteiger charge is -2.34. The summed E-state index contributed by atoms with van der Waals surface area (Å²) in [4.78, 5) is 14.4. The molecule has 3 aromatic carbocycles. The van der Waals surface area contributed by atoms with Crippen LogP contribution >= 0.6 is 0 Å². The van der Waals surface area contributed by atoms with E-state index in [2.05, 4.69) is 17.0 Å². The molecule has 6 heteroatoms. The fourth-order valence-corrected chi connectivity index (χ4v) is 4.71. The molecular weight excluding hydrogens is 476 g/mol. The number of benzene rings is 3. The van der Waals surface area contributed by atoms with Crippen molar-refractivity contribution in [2.45, 2.75) is 26.4 Å². The Hall–Kier alpha value is -3.76. The zero-order chi connectivity index (χ0) is 26.9. The molecule has 1 aliphatic rings. The van der Waals surface area contributed by atoms with Gasteiger partial charge in [0.1, 0.15) is 24.2 Å². The van der Waals surface area contributed by atoms with E-state index in [4.69, 9.17) is 14.2 Å². The normalized spacial score (nSPS) is 15.9. The number of aryl methyl sites for hydroxylation is 1. The molecule has 3 aromatic rings. The van der Waals surface area contributed by atoms with Crippen LogP contribution in [0.4, 0.5) is 0 Å². The second kappa shape index (κ2) is 13.2. The van der Waals surface area contributed by atoms with E-state index < -0.39 is 0 Å². The van der Waals surface area contributed by atoms with Crippen molar-refractivity contribution in [2.75, 3.05) is 40.1 Å². The van der Waals surface area contributed by atoms with Crippen molar-refractivity contribution in [3.8, 4) is 22.9 Å². The highest BCUT2D eigenvalue weighted by Crippen LogP contribution is 2.30. The molecule has 1 fully saturated rings. The number of morpholine rings is 1. The van der Waals surface area contributed by atoms with Gasteiger partial charge in [-0.25, -0.2) is 0 Å². The molecule has 6 nitrogen and oxygen atoms in total. The molecule has 0 aromatic heterocycles. The summed E-state index contributed by atoms with van der Waals surface area (Å²) in [5.41, 5.74) is 6.52. The SMILES string of the molecule is COCCOc1cc(C)c(/C=C/c2cccc(-c3ccccc3)c2C#N)cc1CN1CCOC[C@H]1C(C)=O. The van der Waals surface area contributed by atoms with E-state index in [9.17, 15) is 10.1 Å². The monoisotopic (exact) mass is 510 g/mol. The van der Waals surface area contributed by atoms with Gasteiger partial charge in [-0.05, 0) is 48.2 Å². The van der Waals surface area contributed by atoms with Gasteiger partial charge >= 0.3 is 0 Å². The topological polar surface area (TPSA) is 71.8 Å². The van der Waals surface area contributed by atoms with Gasteiger partial charge in [0, 0.05) is 31.3 Å². The fourth-order valence-electron chi connectivity index (χ4n) is 4.71. The molecule has 0 spiro atoms. The van der Waals surface area contributed by atoms with Gasteiger partial charge in [-0.2, -0.15) is 5.26 Å². The average molecular weight is 511 g/mol. The second-order valence-corrected chi connectivity index (χ2v) is 9.41. The molecule has 1 saturated heterocycles. The maximum absolute atomic E-state index is 12.3. The van der Waals surface area contributed by atoms with Crippen LogP contribution in [0.15, 0.2) is 60.7 Å². The third-order valence-corrected chi connectivity index (χ3v) is 6.81. The van der Waals surface area contributed by atoms with Crippen LogP contribution in [-0.2, 0) is 20.8 Å². The molecule has 1 heterocycles. The molecular formula is C32H34N2O4. The number of nitrogens with zero attached hydrogens (tertiary/aromatic N) is 2. The summed E-state index contributed by atoms with van der Waals surface area (Å²) in [5, 5.41) is 9.99. The van der Waals surface area contributed by atoms with E-state index in [0.717, 1.165) is 39.1 Å². The van der Waals surface area contributed by atoms with E-state index in [1.54, 1.807) is 14.0 Å². The molecule has 0 saturated carbocycles. The fraction of sp³-hybridized carbons (Fsp3) is 0.312. The Morgan fingerprint density at radius 3 is 2.63 bits per heavy atom. The zero-order valence-electron chi connectivity index (χ0n) is 22.3. The Kier molecular flexibility index (Phi) is 9.45. The number of rotatable bonds is 10. The van der Waals surface area contributed by atoms with Crippen LogP contribution in [0.5, 0.6) is 5.75 Å². The van der Waals surface area contributed by atoms with Crippen LogP contribution in [0.25, 0.3) is 23.3 Å². The van der Waals surface area contributed by atoms with Gasteiger partial charge in [0.2, 0.25) is 0 Å². The molecule has 196 valence electrons. The summed E-state index contributed by atoms with van der Waals surface area (Å²) >= 11 is 0. The maximum atomic E-state index is 12.3. The molecule has 0 amide bonds. The van der Waals surface area contributed by atoms with E-state index >= 15 is 0 Å². The third kappa shape index (κ3) is 6.56. The Balaban J connectivity index is 1.68. The standard InChI is InChI=1S/C32H34N2O4/c1-23-18-32(38-17-16-36-3)28(21-34-14-15-37-22-31(34)24(2)35)19-27(23)13-12-26-10-7-11-29(30(26)20-33)25-8-5-4-6-9-25/h4-13,18-19,31H,14-17,21-22H2,1-3H3/b13-12+/t31-/m0/s1. The first kappa shape index (κ1) is 27.3. The van der Waals surface area contributed by atoms with E-state index in [1.807, 2.05) is 73.7 Å². The molecule has 38 heavy (non-hydrogen) atoms. The van der Waals surface area contributed by atoms with Crippen molar-refractivity contribution < 1.29 is 19.0 Å². The molecule has 0 bridgehead atoms. The van der Waals surface area contributed by atoms with Crippen LogP contribution in [0.3, 0.4) is 0 Å². The first-order valence-electron chi connectivity index (χ1n) is 12.9. The number of carbonyl (C=O) groups excluding carboxylic acids is 1. The molecule has 4 rings (SSSR count). The van der Waals surface area contributed by atoms with Crippen LogP contribution in [0.2, 0.25) is 0 Å². The highest BCUT2D eigenvalue weighted by molar-refractivity contribution is 5.82. The van der Waals surface area contributed by atoms with Crippen LogP contribution in [0, 0.1) is 18.3 Å². The molecule has 0 unspecified atom stereocenters. The summed E-state index contributed by atoms with van der Waals surface area (Å²) in [7, 11) is 1.65. The number of hydrogen-bond acceptors (Lipinski definition) is 6. The average Bonchev–Trinajstić information content (AvgIpc) is 2.94. The maximum Gasteiger partial charge on any atom is 0.149 e. The van der Waals surface area contributed by atoms with E-state index in [1.165, 1.54) is 0 Å². The lowest BCUT2D eigenvalue weighted by molar-refractivity contribution is -0.128. The van der Waals surface area contributed by atoms with Gasteiger partial charge in [-0.3, -0.25) is 9.69 Å². The number of nitriles is 1. The van der Waals surface area contributed by atoms with Crippen molar-refractivity contribution in [3.63, 3.8) is 0 Å². The first-order valence-corrected chi connectivity index (χ1v) is 12.9. The molecule has 1 aliphatic heterocycles. The predicted molar refractivity (Wildman–Crippen MR) is 150 cm³/mol. The predicted octanol–water partition coefficient (Wildman–Crippen LogP) is 5.52. The molecule has 0 radical (unpaired) electrons. The Morgan fingerprint density at radius 1 is 1.11 bits per heavy atom. The number of hydrogen-bond donors (Lipinski definition) is 0. The lowest BCUT2D eigenvalue weighted by Crippen LogP contribution is -2.48. The highest BCUT2D eigenvalue weighted by Gasteiger charge is 2.27. The summed E-state index contributed by atoms with van der Waals surface area (Å²) in [6.07, 6.45) is 4.04. The first-order chi connectivity index (χ1) is 18.5. The lowest BCUT2D eigenvalue weighted by atomic mass is 9.95. The summed E-state index contributed by atoms with van der Waals surface area (Å²) in [6.45, 7) is 6.84. The quantitative estimate of drug-likeness (QED) is 0.264. The Labute approximate surface area is 225 Å². The smallest absolute Gasteiger partial charge is 0.149 e. The molecule has 1 atom stereocenters. The summed E-state index contributed by atoms with van der Waals surface area (Å²) < 4.78 is 16.8. The van der Waals surface area contributed by atoms with Gasteiger partial charge in [-0.15, -0.1) is 0 Å².